The number of carboxylic acids is 1. The van der Waals surface area contributed by atoms with Crippen LogP contribution in [0.1, 0.15) is 26.7 Å². The van der Waals surface area contributed by atoms with Gasteiger partial charge in [-0.1, -0.05) is 6.92 Å². The number of hydrogen-bond donors (Lipinski definition) is 4. The smallest absolute Gasteiger partial charge is 0.306 e. The number of hydrogen-bond acceptors (Lipinski definition) is 4. The minimum Gasteiger partial charge on any atom is -0.481 e. The second kappa shape index (κ2) is 5.95. The topological polar surface area (TPSA) is 89.8 Å². The maximum Gasteiger partial charge on any atom is 0.306 e. The van der Waals surface area contributed by atoms with E-state index in [0.717, 1.165) is 0 Å². The number of carbonyl (C=O) groups is 1. The van der Waals surface area contributed by atoms with E-state index in [1.807, 2.05) is 6.92 Å². The average Bonchev–Trinajstić information content (AvgIpc) is 2.02. The normalized spacial score (nSPS) is 17.4. The molecule has 0 bridgehead atoms. The summed E-state index contributed by atoms with van der Waals surface area (Å²) in [7, 11) is 0. The van der Waals surface area contributed by atoms with Gasteiger partial charge in [-0.25, -0.2) is 0 Å². The van der Waals surface area contributed by atoms with Gasteiger partial charge in [-0.3, -0.25) is 4.79 Å². The summed E-state index contributed by atoms with van der Waals surface area (Å²) in [6, 6.07) is 0. The molecule has 0 aromatic heterocycles. The molecule has 0 fully saturated rings. The lowest BCUT2D eigenvalue weighted by molar-refractivity contribution is -0.139. The second-order valence-corrected chi connectivity index (χ2v) is 3.73. The van der Waals surface area contributed by atoms with E-state index < -0.39 is 17.7 Å². The Bertz CT molecular complexity index is 182. The highest BCUT2D eigenvalue weighted by Crippen LogP contribution is 2.05. The maximum atomic E-state index is 10.2. The Morgan fingerprint density at radius 2 is 2.14 bits per heavy atom. The van der Waals surface area contributed by atoms with Crippen molar-refractivity contribution in [2.45, 2.75) is 38.4 Å². The molecule has 84 valence electrons. The maximum absolute atomic E-state index is 10.2. The quantitative estimate of drug-likeness (QED) is 0.453. The fraction of sp³-hybridized carbons (Fsp3) is 0.889. The third-order valence-electron chi connectivity index (χ3n) is 2.06. The molecule has 0 amide bonds. The third-order valence-corrected chi connectivity index (χ3v) is 2.06. The first-order valence-electron chi connectivity index (χ1n) is 4.70. The van der Waals surface area contributed by atoms with Gasteiger partial charge < -0.3 is 20.6 Å². The van der Waals surface area contributed by atoms with Crippen LogP contribution in [-0.4, -0.2) is 46.1 Å². The summed E-state index contributed by atoms with van der Waals surface area (Å²) in [5.41, 5.74) is -0.803. The summed E-state index contributed by atoms with van der Waals surface area (Å²) >= 11 is 0. The molecule has 0 saturated heterocycles. The Morgan fingerprint density at radius 1 is 1.57 bits per heavy atom. The van der Waals surface area contributed by atoms with E-state index in [1.54, 1.807) is 6.92 Å². The zero-order valence-electron chi connectivity index (χ0n) is 8.66. The van der Waals surface area contributed by atoms with Crippen LogP contribution >= 0.6 is 0 Å². The number of aliphatic hydroxyl groups excluding tert-OH is 1. The first-order chi connectivity index (χ1) is 6.37. The van der Waals surface area contributed by atoms with E-state index in [2.05, 4.69) is 5.32 Å². The molecule has 0 aliphatic heterocycles. The van der Waals surface area contributed by atoms with E-state index in [-0.39, 0.29) is 13.0 Å². The molecule has 0 radical (unpaired) electrons. The van der Waals surface area contributed by atoms with Crippen LogP contribution in [0.5, 0.6) is 0 Å². The summed E-state index contributed by atoms with van der Waals surface area (Å²) in [6.45, 7) is 4.07. The van der Waals surface area contributed by atoms with Crippen LogP contribution in [0, 0.1) is 0 Å². The molecule has 0 aliphatic carbocycles. The van der Waals surface area contributed by atoms with Gasteiger partial charge in [0.25, 0.3) is 0 Å². The van der Waals surface area contributed by atoms with Crippen molar-refractivity contribution in [3.63, 3.8) is 0 Å². The Labute approximate surface area is 83.8 Å². The molecule has 14 heavy (non-hydrogen) atoms. The summed E-state index contributed by atoms with van der Waals surface area (Å²) in [4.78, 5) is 10.2. The Kier molecular flexibility index (Phi) is 5.68. The fourth-order valence-electron chi connectivity index (χ4n) is 0.907. The summed E-state index contributed by atoms with van der Waals surface area (Å²) in [5.74, 6) is -1.03. The van der Waals surface area contributed by atoms with Gasteiger partial charge in [-0.15, -0.1) is 0 Å². The van der Waals surface area contributed by atoms with E-state index in [4.69, 9.17) is 10.2 Å². The Balaban J connectivity index is 3.58. The minimum atomic E-state index is -1.03. The van der Waals surface area contributed by atoms with Crippen molar-refractivity contribution in [1.29, 1.82) is 0 Å². The van der Waals surface area contributed by atoms with Gasteiger partial charge >= 0.3 is 5.97 Å². The molecule has 2 unspecified atom stereocenters. The van der Waals surface area contributed by atoms with Crippen LogP contribution in [0.25, 0.3) is 0 Å². The van der Waals surface area contributed by atoms with Crippen molar-refractivity contribution in [2.75, 3.05) is 13.1 Å². The van der Waals surface area contributed by atoms with Crippen molar-refractivity contribution in [1.82, 2.24) is 5.32 Å². The lowest BCUT2D eigenvalue weighted by Crippen LogP contribution is -2.40. The van der Waals surface area contributed by atoms with Gasteiger partial charge in [0.15, 0.2) is 0 Å². The fourth-order valence-corrected chi connectivity index (χ4v) is 0.907. The molecule has 2 atom stereocenters. The van der Waals surface area contributed by atoms with E-state index >= 15 is 0 Å². The Hall–Kier alpha value is -0.650. The van der Waals surface area contributed by atoms with Gasteiger partial charge in [0.2, 0.25) is 0 Å². The molecular formula is C9H19NO4. The highest BCUT2D eigenvalue weighted by molar-refractivity contribution is 5.67. The van der Waals surface area contributed by atoms with Crippen LogP contribution in [0.3, 0.4) is 0 Å². The van der Waals surface area contributed by atoms with Crippen LogP contribution < -0.4 is 5.32 Å². The molecule has 5 heteroatoms. The first-order valence-corrected chi connectivity index (χ1v) is 4.70. The molecule has 0 aromatic rings. The predicted molar refractivity (Wildman–Crippen MR) is 52.0 cm³/mol. The number of nitrogens with one attached hydrogen (secondary N) is 1. The van der Waals surface area contributed by atoms with Gasteiger partial charge in [-0.2, -0.15) is 0 Å². The molecule has 0 saturated carbocycles. The zero-order chi connectivity index (χ0) is 11.2. The van der Waals surface area contributed by atoms with Crippen LogP contribution in [0.4, 0.5) is 0 Å². The van der Waals surface area contributed by atoms with Gasteiger partial charge in [-0.05, 0) is 13.3 Å². The first kappa shape index (κ1) is 13.4. The van der Waals surface area contributed by atoms with Crippen molar-refractivity contribution >= 4 is 5.97 Å². The van der Waals surface area contributed by atoms with Crippen molar-refractivity contribution in [2.24, 2.45) is 0 Å². The third kappa shape index (κ3) is 6.82. The minimum absolute atomic E-state index is 0.183. The van der Waals surface area contributed by atoms with E-state index in [0.29, 0.717) is 13.0 Å². The highest BCUT2D eigenvalue weighted by atomic mass is 16.4. The number of aliphatic hydroxyl groups is 2. The lowest BCUT2D eigenvalue weighted by atomic mass is 10.0. The average molecular weight is 205 g/mol. The van der Waals surface area contributed by atoms with E-state index in [1.165, 1.54) is 0 Å². The molecule has 0 aromatic carbocycles. The van der Waals surface area contributed by atoms with E-state index in [9.17, 15) is 9.90 Å². The molecule has 0 spiro atoms. The van der Waals surface area contributed by atoms with Gasteiger partial charge in [0.1, 0.15) is 0 Å². The summed E-state index contributed by atoms with van der Waals surface area (Å²) < 4.78 is 0. The molecule has 0 heterocycles. The molecular weight excluding hydrogens is 186 g/mol. The highest BCUT2D eigenvalue weighted by Gasteiger charge is 2.17. The molecule has 5 nitrogen and oxygen atoms in total. The van der Waals surface area contributed by atoms with Gasteiger partial charge in [0, 0.05) is 13.1 Å². The van der Waals surface area contributed by atoms with Crippen LogP contribution in [-0.2, 0) is 4.79 Å². The summed E-state index contributed by atoms with van der Waals surface area (Å²) in [6.07, 6.45) is -0.573. The summed E-state index contributed by atoms with van der Waals surface area (Å²) in [5, 5.41) is 29.9. The van der Waals surface area contributed by atoms with Gasteiger partial charge in [0.05, 0.1) is 18.1 Å². The van der Waals surface area contributed by atoms with Crippen molar-refractivity contribution < 1.29 is 20.1 Å². The number of aliphatic carboxylic acids is 1. The predicted octanol–water partition coefficient (Wildman–Crippen LogP) is -0.427. The Morgan fingerprint density at radius 3 is 2.57 bits per heavy atom. The molecule has 0 aliphatic rings. The number of carboxylic acid groups (broad SMARTS) is 1. The SMILES string of the molecule is CCC(C)(O)CNCC(O)CC(=O)O. The molecule has 0 rings (SSSR count). The second-order valence-electron chi connectivity index (χ2n) is 3.73. The molecule has 4 N–H and O–H groups in total. The number of rotatable bonds is 7. The monoisotopic (exact) mass is 205 g/mol. The largest absolute Gasteiger partial charge is 0.481 e. The van der Waals surface area contributed by atoms with Crippen LogP contribution in [0.15, 0.2) is 0 Å². The van der Waals surface area contributed by atoms with Crippen LogP contribution in [0.2, 0.25) is 0 Å². The van der Waals surface area contributed by atoms with Crippen molar-refractivity contribution in [3.05, 3.63) is 0 Å². The lowest BCUT2D eigenvalue weighted by Gasteiger charge is -2.22. The van der Waals surface area contributed by atoms with Crippen molar-refractivity contribution in [3.8, 4) is 0 Å². The zero-order valence-corrected chi connectivity index (χ0v) is 8.66. The standard InChI is InChI=1S/C9H19NO4/c1-3-9(2,14)6-10-5-7(11)4-8(12)13/h7,10-11,14H,3-6H2,1-2H3,(H,12,13).